The Morgan fingerprint density at radius 3 is 2.44 bits per heavy atom. The highest BCUT2D eigenvalue weighted by Gasteiger charge is 2.33. The lowest BCUT2D eigenvalue weighted by Crippen LogP contribution is -2.47. The molecule has 1 N–H and O–H groups in total. The number of halogens is 1. The average molecular weight is 484 g/mol. The van der Waals surface area contributed by atoms with Crippen molar-refractivity contribution in [1.29, 1.82) is 0 Å². The molecular weight excluding hydrogens is 450 g/mol. The lowest BCUT2D eigenvalue weighted by atomic mass is 9.92. The van der Waals surface area contributed by atoms with Crippen LogP contribution in [-0.4, -0.2) is 51.7 Å². The number of hydrogen-bond acceptors (Lipinski definition) is 5. The van der Waals surface area contributed by atoms with Crippen molar-refractivity contribution >= 4 is 11.6 Å². The smallest absolute Gasteiger partial charge is 0.120 e. The van der Waals surface area contributed by atoms with Gasteiger partial charge in [-0.3, -0.25) is 9.58 Å². The van der Waals surface area contributed by atoms with Crippen molar-refractivity contribution in [3.8, 4) is 11.5 Å². The van der Waals surface area contributed by atoms with E-state index in [1.54, 1.807) is 6.07 Å². The summed E-state index contributed by atoms with van der Waals surface area (Å²) in [6.07, 6.45) is 2.26. The van der Waals surface area contributed by atoms with E-state index in [4.69, 9.17) is 21.1 Å². The highest BCUT2D eigenvalue weighted by atomic mass is 35.5. The van der Waals surface area contributed by atoms with E-state index in [0.717, 1.165) is 44.0 Å². The Hall–Kier alpha value is -2.54. The van der Waals surface area contributed by atoms with E-state index in [2.05, 4.69) is 35.1 Å². The highest BCUT2D eigenvalue weighted by Crippen LogP contribution is 2.26. The molecule has 0 atom stereocenters. The van der Waals surface area contributed by atoms with Gasteiger partial charge < -0.3 is 14.6 Å². The third-order valence-corrected chi connectivity index (χ3v) is 6.52. The summed E-state index contributed by atoms with van der Waals surface area (Å²) in [5, 5.41) is 16.1. The lowest BCUT2D eigenvalue weighted by molar-refractivity contribution is -0.0537. The van der Waals surface area contributed by atoms with Gasteiger partial charge in [-0.25, -0.2) is 0 Å². The van der Waals surface area contributed by atoms with Gasteiger partial charge in [0, 0.05) is 43.3 Å². The first-order valence-electron chi connectivity index (χ1n) is 11.9. The number of aliphatic hydroxyl groups is 1. The van der Waals surface area contributed by atoms with Crippen LogP contribution >= 0.6 is 11.6 Å². The largest absolute Gasteiger partial charge is 0.494 e. The van der Waals surface area contributed by atoms with Gasteiger partial charge >= 0.3 is 0 Å². The SMILES string of the molecule is Cc1cc(C)n(CCCOc2cccc(CN3CCC(O)(COc4cccc(Cl)c4)CC3)c2)n1. The topological polar surface area (TPSA) is 59.8 Å². The van der Waals surface area contributed by atoms with Gasteiger partial charge in [-0.2, -0.15) is 5.10 Å². The number of benzene rings is 2. The van der Waals surface area contributed by atoms with Crippen molar-refractivity contribution in [2.75, 3.05) is 26.3 Å². The van der Waals surface area contributed by atoms with Gasteiger partial charge in [-0.1, -0.05) is 29.8 Å². The maximum Gasteiger partial charge on any atom is 0.120 e. The van der Waals surface area contributed by atoms with E-state index in [9.17, 15) is 5.11 Å². The molecule has 0 spiro atoms. The number of likely N-dealkylation sites (tertiary alicyclic amines) is 1. The van der Waals surface area contributed by atoms with Crippen LogP contribution in [0.5, 0.6) is 11.5 Å². The first-order valence-corrected chi connectivity index (χ1v) is 12.3. The van der Waals surface area contributed by atoms with Gasteiger partial charge in [0.1, 0.15) is 23.7 Å². The van der Waals surface area contributed by atoms with Crippen molar-refractivity contribution in [2.24, 2.45) is 0 Å². The van der Waals surface area contributed by atoms with Crippen molar-refractivity contribution < 1.29 is 14.6 Å². The summed E-state index contributed by atoms with van der Waals surface area (Å²) in [5.41, 5.74) is 2.64. The third-order valence-electron chi connectivity index (χ3n) is 6.28. The lowest BCUT2D eigenvalue weighted by Gasteiger charge is -2.38. The Morgan fingerprint density at radius 2 is 1.74 bits per heavy atom. The third kappa shape index (κ3) is 6.98. The van der Waals surface area contributed by atoms with Crippen molar-refractivity contribution in [1.82, 2.24) is 14.7 Å². The second kappa shape index (κ2) is 11.3. The molecule has 0 saturated carbocycles. The van der Waals surface area contributed by atoms with Crippen molar-refractivity contribution in [2.45, 2.75) is 51.8 Å². The molecule has 0 unspecified atom stereocenters. The number of ether oxygens (including phenoxy) is 2. The minimum atomic E-state index is -0.810. The van der Waals surface area contributed by atoms with Crippen LogP contribution in [0.25, 0.3) is 0 Å². The molecule has 3 aromatic rings. The molecule has 4 rings (SSSR count). The van der Waals surface area contributed by atoms with E-state index in [1.165, 1.54) is 11.3 Å². The van der Waals surface area contributed by atoms with Gasteiger partial charge in [-0.15, -0.1) is 0 Å². The number of nitrogens with zero attached hydrogens (tertiary/aromatic N) is 3. The second-order valence-electron chi connectivity index (χ2n) is 9.25. The summed E-state index contributed by atoms with van der Waals surface area (Å²) in [4.78, 5) is 2.37. The zero-order valence-electron chi connectivity index (χ0n) is 20.0. The molecule has 2 aromatic carbocycles. The molecule has 1 aliphatic rings. The minimum absolute atomic E-state index is 0.280. The van der Waals surface area contributed by atoms with Gasteiger partial charge in [0.2, 0.25) is 0 Å². The van der Waals surface area contributed by atoms with Crippen LogP contribution < -0.4 is 9.47 Å². The molecule has 0 bridgehead atoms. The molecule has 1 aromatic heterocycles. The van der Waals surface area contributed by atoms with Crippen LogP contribution in [0.3, 0.4) is 0 Å². The number of aryl methyl sites for hydroxylation is 3. The van der Waals surface area contributed by atoms with Crippen LogP contribution in [0, 0.1) is 13.8 Å². The van der Waals surface area contributed by atoms with E-state index in [-0.39, 0.29) is 6.61 Å². The van der Waals surface area contributed by atoms with Crippen molar-refractivity contribution in [3.05, 3.63) is 76.6 Å². The summed E-state index contributed by atoms with van der Waals surface area (Å²) in [5.74, 6) is 1.59. The first-order chi connectivity index (χ1) is 16.4. The van der Waals surface area contributed by atoms with Crippen molar-refractivity contribution in [3.63, 3.8) is 0 Å². The molecule has 182 valence electrons. The monoisotopic (exact) mass is 483 g/mol. The normalized spacial score (nSPS) is 15.9. The molecule has 0 radical (unpaired) electrons. The Labute approximate surface area is 207 Å². The number of aromatic nitrogens is 2. The minimum Gasteiger partial charge on any atom is -0.494 e. The Bertz CT molecular complexity index is 1080. The fourth-order valence-corrected chi connectivity index (χ4v) is 4.52. The Kier molecular flexibility index (Phi) is 8.14. The predicted octanol–water partition coefficient (Wildman–Crippen LogP) is 5.03. The fourth-order valence-electron chi connectivity index (χ4n) is 4.34. The van der Waals surface area contributed by atoms with Gasteiger partial charge in [-0.05, 0) is 68.7 Å². The van der Waals surface area contributed by atoms with Gasteiger partial charge in [0.05, 0.1) is 12.3 Å². The summed E-state index contributed by atoms with van der Waals surface area (Å²) >= 11 is 6.01. The zero-order valence-corrected chi connectivity index (χ0v) is 20.8. The molecule has 2 heterocycles. The Morgan fingerprint density at radius 1 is 1.00 bits per heavy atom. The molecular formula is C27H34ClN3O3. The molecule has 0 aliphatic carbocycles. The highest BCUT2D eigenvalue weighted by molar-refractivity contribution is 6.30. The average Bonchev–Trinajstić information content (AvgIpc) is 3.14. The van der Waals surface area contributed by atoms with Gasteiger partial charge in [0.25, 0.3) is 0 Å². The van der Waals surface area contributed by atoms with E-state index in [1.807, 2.05) is 41.9 Å². The van der Waals surface area contributed by atoms with E-state index < -0.39 is 5.60 Å². The standard InChI is InChI=1S/C27H34ClN3O3/c1-21-16-22(2)31(29-21)12-5-15-33-25-8-3-6-23(17-25)19-30-13-10-27(32,11-14-30)20-34-26-9-4-7-24(28)18-26/h3-4,6-9,16-18,32H,5,10-15,19-20H2,1-2H3. The molecule has 7 heteroatoms. The summed E-state index contributed by atoms with van der Waals surface area (Å²) in [6.45, 7) is 8.38. The quantitative estimate of drug-likeness (QED) is 0.410. The number of hydrogen-bond donors (Lipinski definition) is 1. The van der Waals surface area contributed by atoms with E-state index >= 15 is 0 Å². The predicted molar refractivity (Wildman–Crippen MR) is 135 cm³/mol. The fraction of sp³-hybridized carbons (Fsp3) is 0.444. The molecule has 34 heavy (non-hydrogen) atoms. The van der Waals surface area contributed by atoms with Crippen LogP contribution in [0.4, 0.5) is 0 Å². The molecule has 1 aliphatic heterocycles. The zero-order chi connectivity index (χ0) is 24.0. The van der Waals surface area contributed by atoms with Crippen LogP contribution in [-0.2, 0) is 13.1 Å². The number of rotatable bonds is 10. The molecule has 1 fully saturated rings. The molecule has 1 saturated heterocycles. The summed E-state index contributed by atoms with van der Waals surface area (Å²) in [6, 6.07) is 17.7. The molecule has 0 amide bonds. The van der Waals surface area contributed by atoms with Crippen LogP contribution in [0.2, 0.25) is 5.02 Å². The first kappa shape index (κ1) is 24.6. The summed E-state index contributed by atoms with van der Waals surface area (Å²) in [7, 11) is 0. The Balaban J connectivity index is 1.20. The van der Waals surface area contributed by atoms with E-state index in [0.29, 0.717) is 30.2 Å². The van der Waals surface area contributed by atoms with Crippen LogP contribution in [0.15, 0.2) is 54.6 Å². The van der Waals surface area contributed by atoms with Crippen LogP contribution in [0.1, 0.15) is 36.2 Å². The second-order valence-corrected chi connectivity index (χ2v) is 9.68. The molecule has 6 nitrogen and oxygen atoms in total. The van der Waals surface area contributed by atoms with Gasteiger partial charge in [0.15, 0.2) is 0 Å². The summed E-state index contributed by atoms with van der Waals surface area (Å²) < 4.78 is 13.8. The maximum absolute atomic E-state index is 10.9. The number of piperidine rings is 1. The maximum atomic E-state index is 10.9.